The van der Waals surface area contributed by atoms with Crippen LogP contribution in [0.4, 0.5) is 0 Å². The van der Waals surface area contributed by atoms with Crippen molar-refractivity contribution >= 4 is 5.91 Å². The van der Waals surface area contributed by atoms with Crippen LogP contribution < -0.4 is 0 Å². The largest absolute Gasteiger partial charge is 0.379 e. The Hall–Kier alpha value is -0.610. The van der Waals surface area contributed by atoms with Crippen LogP contribution in [0.5, 0.6) is 0 Å². The predicted octanol–water partition coefficient (Wildman–Crippen LogP) is 2.81. The van der Waals surface area contributed by atoms with Crippen LogP contribution in [-0.4, -0.2) is 60.6 Å². The lowest BCUT2D eigenvalue weighted by molar-refractivity contribution is -0.140. The molecule has 4 nitrogen and oxygen atoms in total. The fraction of sp³-hybridized carbons (Fsp3) is 0.944. The van der Waals surface area contributed by atoms with E-state index in [-0.39, 0.29) is 0 Å². The van der Waals surface area contributed by atoms with E-state index in [1.54, 1.807) is 0 Å². The van der Waals surface area contributed by atoms with E-state index in [1.165, 1.54) is 64.2 Å². The number of carbonyl (C=O) groups excluding carboxylic acids is 1. The summed E-state index contributed by atoms with van der Waals surface area (Å²) < 4.78 is 5.41. The van der Waals surface area contributed by atoms with Crippen molar-refractivity contribution in [3.8, 4) is 0 Å². The number of hydrogen-bond acceptors (Lipinski definition) is 3. The lowest BCUT2D eigenvalue weighted by atomic mass is 9.88. The molecule has 22 heavy (non-hydrogen) atoms. The molecular weight excluding hydrogens is 276 g/mol. The van der Waals surface area contributed by atoms with E-state index < -0.39 is 0 Å². The number of amides is 1. The Morgan fingerprint density at radius 1 is 0.864 bits per heavy atom. The molecule has 0 aromatic carbocycles. The molecule has 1 saturated heterocycles. The fourth-order valence-corrected chi connectivity index (χ4v) is 4.46. The first-order valence-corrected chi connectivity index (χ1v) is 9.46. The molecule has 4 heteroatoms. The molecule has 0 spiro atoms. The molecule has 1 heterocycles. The van der Waals surface area contributed by atoms with Crippen molar-refractivity contribution in [3.63, 3.8) is 0 Å². The molecule has 0 radical (unpaired) electrons. The summed E-state index contributed by atoms with van der Waals surface area (Å²) >= 11 is 0. The van der Waals surface area contributed by atoms with Gasteiger partial charge in [0.1, 0.15) is 0 Å². The van der Waals surface area contributed by atoms with Gasteiger partial charge >= 0.3 is 0 Å². The van der Waals surface area contributed by atoms with E-state index >= 15 is 0 Å². The fourth-order valence-electron chi connectivity index (χ4n) is 4.46. The molecule has 0 unspecified atom stereocenters. The maximum Gasteiger partial charge on any atom is 0.237 e. The number of nitrogens with zero attached hydrogens (tertiary/aromatic N) is 2. The highest BCUT2D eigenvalue weighted by Gasteiger charge is 2.33. The topological polar surface area (TPSA) is 32.8 Å². The minimum atomic E-state index is 0.390. The molecule has 1 amide bonds. The minimum absolute atomic E-state index is 0.390. The van der Waals surface area contributed by atoms with Crippen LogP contribution in [-0.2, 0) is 9.53 Å². The Labute approximate surface area is 135 Å². The Balaban J connectivity index is 1.64. The van der Waals surface area contributed by atoms with Gasteiger partial charge in [0.25, 0.3) is 0 Å². The van der Waals surface area contributed by atoms with Crippen molar-refractivity contribution < 1.29 is 9.53 Å². The maximum atomic E-state index is 13.1. The zero-order valence-electron chi connectivity index (χ0n) is 14.0. The van der Waals surface area contributed by atoms with Gasteiger partial charge < -0.3 is 9.64 Å². The SMILES string of the molecule is O=C(CN1CCOCC1)N(C1CCCCC1)C1CCCCC1. The van der Waals surface area contributed by atoms with Gasteiger partial charge in [-0.3, -0.25) is 9.69 Å². The quantitative estimate of drug-likeness (QED) is 0.800. The zero-order valence-corrected chi connectivity index (χ0v) is 14.0. The Morgan fingerprint density at radius 2 is 1.36 bits per heavy atom. The van der Waals surface area contributed by atoms with Crippen molar-refractivity contribution in [2.75, 3.05) is 32.8 Å². The molecule has 0 aromatic rings. The van der Waals surface area contributed by atoms with Crippen molar-refractivity contribution in [1.82, 2.24) is 9.80 Å². The summed E-state index contributed by atoms with van der Waals surface area (Å²) in [6.45, 7) is 3.99. The van der Waals surface area contributed by atoms with Crippen LogP contribution >= 0.6 is 0 Å². The molecule has 1 aliphatic heterocycles. The van der Waals surface area contributed by atoms with Gasteiger partial charge in [0, 0.05) is 25.2 Å². The summed E-state index contributed by atoms with van der Waals surface area (Å²) in [6.07, 6.45) is 12.8. The average Bonchev–Trinajstić information content (AvgIpc) is 2.58. The average molecular weight is 308 g/mol. The highest BCUT2D eigenvalue weighted by molar-refractivity contribution is 5.79. The summed E-state index contributed by atoms with van der Waals surface area (Å²) in [7, 11) is 0. The van der Waals surface area contributed by atoms with Crippen LogP contribution in [0.15, 0.2) is 0 Å². The third-order valence-electron chi connectivity index (χ3n) is 5.69. The minimum Gasteiger partial charge on any atom is -0.379 e. The van der Waals surface area contributed by atoms with Crippen LogP contribution in [0, 0.1) is 0 Å². The summed E-state index contributed by atoms with van der Waals surface area (Å²) in [5.41, 5.74) is 0. The van der Waals surface area contributed by atoms with E-state index in [0.717, 1.165) is 26.3 Å². The van der Waals surface area contributed by atoms with Crippen molar-refractivity contribution in [1.29, 1.82) is 0 Å². The lowest BCUT2D eigenvalue weighted by Crippen LogP contribution is -2.53. The van der Waals surface area contributed by atoms with E-state index in [4.69, 9.17) is 4.74 Å². The standard InChI is InChI=1S/C18H32N2O2/c21-18(15-19-11-13-22-14-12-19)20(16-7-3-1-4-8-16)17-9-5-2-6-10-17/h16-17H,1-15H2. The Kier molecular flexibility index (Phi) is 6.13. The number of ether oxygens (including phenoxy) is 1. The third kappa shape index (κ3) is 4.23. The number of hydrogen-bond donors (Lipinski definition) is 0. The monoisotopic (exact) mass is 308 g/mol. The van der Waals surface area contributed by atoms with Gasteiger partial charge in [-0.1, -0.05) is 38.5 Å². The molecule has 0 N–H and O–H groups in total. The van der Waals surface area contributed by atoms with E-state index in [1.807, 2.05) is 0 Å². The van der Waals surface area contributed by atoms with Crippen LogP contribution in [0.2, 0.25) is 0 Å². The summed E-state index contributed by atoms with van der Waals surface area (Å²) in [4.78, 5) is 17.7. The molecular formula is C18H32N2O2. The van der Waals surface area contributed by atoms with Gasteiger partial charge in [-0.15, -0.1) is 0 Å². The van der Waals surface area contributed by atoms with Gasteiger partial charge in [-0.2, -0.15) is 0 Å². The van der Waals surface area contributed by atoms with Gasteiger partial charge in [-0.25, -0.2) is 0 Å². The Morgan fingerprint density at radius 3 is 1.86 bits per heavy atom. The van der Waals surface area contributed by atoms with Crippen LogP contribution in [0.25, 0.3) is 0 Å². The van der Waals surface area contributed by atoms with Gasteiger partial charge in [0.05, 0.1) is 19.8 Å². The highest BCUT2D eigenvalue weighted by Crippen LogP contribution is 2.30. The zero-order chi connectivity index (χ0) is 15.2. The van der Waals surface area contributed by atoms with E-state index in [2.05, 4.69) is 9.80 Å². The summed E-state index contributed by atoms with van der Waals surface area (Å²) in [5, 5.41) is 0. The first kappa shape index (κ1) is 16.3. The number of carbonyl (C=O) groups is 1. The van der Waals surface area contributed by atoms with Gasteiger partial charge in [0.15, 0.2) is 0 Å². The van der Waals surface area contributed by atoms with Crippen LogP contribution in [0.3, 0.4) is 0 Å². The molecule has 3 fully saturated rings. The smallest absolute Gasteiger partial charge is 0.237 e. The molecule has 0 bridgehead atoms. The first-order chi connectivity index (χ1) is 10.8. The molecule has 3 rings (SSSR count). The second kappa shape index (κ2) is 8.30. The molecule has 0 atom stereocenters. The maximum absolute atomic E-state index is 13.1. The van der Waals surface area contributed by atoms with Gasteiger partial charge in [0.2, 0.25) is 5.91 Å². The van der Waals surface area contributed by atoms with E-state index in [0.29, 0.717) is 24.5 Å². The van der Waals surface area contributed by atoms with Crippen LogP contribution in [0.1, 0.15) is 64.2 Å². The third-order valence-corrected chi connectivity index (χ3v) is 5.69. The molecule has 0 aromatic heterocycles. The van der Waals surface area contributed by atoms with E-state index in [9.17, 15) is 4.79 Å². The Bertz CT molecular complexity index is 325. The van der Waals surface area contributed by atoms with Crippen molar-refractivity contribution in [3.05, 3.63) is 0 Å². The second-order valence-corrected chi connectivity index (χ2v) is 7.27. The molecule has 3 aliphatic rings. The van der Waals surface area contributed by atoms with Gasteiger partial charge in [-0.05, 0) is 25.7 Å². The van der Waals surface area contributed by atoms with Crippen molar-refractivity contribution in [2.24, 2.45) is 0 Å². The van der Waals surface area contributed by atoms with Crippen molar-refractivity contribution in [2.45, 2.75) is 76.3 Å². The predicted molar refractivity (Wildman–Crippen MR) is 87.9 cm³/mol. The first-order valence-electron chi connectivity index (χ1n) is 9.46. The molecule has 126 valence electrons. The molecule has 2 saturated carbocycles. The molecule has 2 aliphatic carbocycles. The second-order valence-electron chi connectivity index (χ2n) is 7.27. The lowest BCUT2D eigenvalue weighted by Gasteiger charge is -2.42. The summed E-state index contributed by atoms with van der Waals surface area (Å²) in [5.74, 6) is 0.390. The number of rotatable bonds is 4. The highest BCUT2D eigenvalue weighted by atomic mass is 16.5. The summed E-state index contributed by atoms with van der Waals surface area (Å²) in [6, 6.07) is 1.04. The normalized spacial score (nSPS) is 26.0. The number of morpholine rings is 1.